The van der Waals surface area contributed by atoms with Crippen LogP contribution in [0, 0.1) is 0 Å². The summed E-state index contributed by atoms with van der Waals surface area (Å²) < 4.78 is 28.4. The van der Waals surface area contributed by atoms with E-state index in [2.05, 4.69) is 0 Å². The number of Topliss-reactive ketones (excluding diaryl/α,β-unsaturated/α-hetero) is 1. The molecule has 0 aliphatic carbocycles. The second-order valence-corrected chi connectivity index (χ2v) is 9.92. The maximum Gasteiger partial charge on any atom is 0.244 e. The van der Waals surface area contributed by atoms with Crippen molar-refractivity contribution in [3.8, 4) is 0 Å². The number of benzene rings is 3. The number of nitrogens with two attached hydrogens (primary N) is 1. The van der Waals surface area contributed by atoms with E-state index in [4.69, 9.17) is 17.3 Å². The van der Waals surface area contributed by atoms with Crippen molar-refractivity contribution in [2.75, 3.05) is 0 Å². The molecule has 0 saturated carbocycles. The molecule has 0 bridgehead atoms. The van der Waals surface area contributed by atoms with Gasteiger partial charge in [-0.15, -0.1) is 0 Å². The first kappa shape index (κ1) is 24.6. The first-order chi connectivity index (χ1) is 15.7. The maximum absolute atomic E-state index is 13.6. The third-order valence-electron chi connectivity index (χ3n) is 5.18. The number of ketones is 1. The monoisotopic (exact) mass is 484 g/mol. The van der Waals surface area contributed by atoms with Gasteiger partial charge < -0.3 is 5.73 Å². The third kappa shape index (κ3) is 5.87. The Hall–Kier alpha value is -3.00. The fraction of sp³-hybridized carbons (Fsp3) is 0.200. The highest BCUT2D eigenvalue weighted by Crippen LogP contribution is 2.30. The van der Waals surface area contributed by atoms with E-state index in [9.17, 15) is 18.0 Å². The Labute approximate surface area is 199 Å². The molecule has 8 heteroatoms. The van der Waals surface area contributed by atoms with Gasteiger partial charge in [0.1, 0.15) is 6.04 Å². The molecule has 0 heterocycles. The van der Waals surface area contributed by atoms with Crippen LogP contribution in [0.15, 0.2) is 83.8 Å². The van der Waals surface area contributed by atoms with Gasteiger partial charge in [-0.3, -0.25) is 9.59 Å². The van der Waals surface area contributed by atoms with Crippen molar-refractivity contribution in [2.24, 2.45) is 5.73 Å². The molecule has 0 aromatic heterocycles. The molecular weight excluding hydrogens is 460 g/mol. The van der Waals surface area contributed by atoms with E-state index in [1.807, 2.05) is 6.92 Å². The van der Waals surface area contributed by atoms with Crippen LogP contribution < -0.4 is 5.73 Å². The van der Waals surface area contributed by atoms with Crippen LogP contribution in [0.5, 0.6) is 0 Å². The van der Waals surface area contributed by atoms with Crippen molar-refractivity contribution in [3.05, 3.63) is 101 Å². The van der Waals surface area contributed by atoms with Gasteiger partial charge in [-0.25, -0.2) is 8.42 Å². The van der Waals surface area contributed by atoms with Crippen molar-refractivity contribution in [3.63, 3.8) is 0 Å². The van der Waals surface area contributed by atoms with E-state index in [0.717, 1.165) is 10.7 Å². The zero-order valence-corrected chi connectivity index (χ0v) is 19.7. The van der Waals surface area contributed by atoms with Crippen LogP contribution in [0.3, 0.4) is 0 Å². The topological polar surface area (TPSA) is 97.5 Å². The standard InChI is InChI=1S/C25H25ClN2O4S/c1-2-6-23(29)19-11-9-18(10-12-19)17-28(24(25(27)30)20-7-4-3-5-8-20)33(31,32)22-15-13-21(26)14-16-22/h3-5,7-16,24H,2,6,17H2,1H3,(H2,27,30)/t24-/m1/s1. The summed E-state index contributed by atoms with van der Waals surface area (Å²) in [6, 6.07) is 19.7. The molecule has 3 aromatic carbocycles. The van der Waals surface area contributed by atoms with Gasteiger partial charge in [-0.2, -0.15) is 4.31 Å². The average Bonchev–Trinajstić information content (AvgIpc) is 2.80. The molecule has 0 aliphatic rings. The zero-order valence-electron chi connectivity index (χ0n) is 18.1. The van der Waals surface area contributed by atoms with Crippen LogP contribution in [0.2, 0.25) is 5.02 Å². The molecule has 6 nitrogen and oxygen atoms in total. The van der Waals surface area contributed by atoms with Gasteiger partial charge in [0, 0.05) is 23.6 Å². The molecule has 0 spiro atoms. The van der Waals surface area contributed by atoms with Crippen LogP contribution in [-0.4, -0.2) is 24.4 Å². The van der Waals surface area contributed by atoms with Gasteiger partial charge in [0.15, 0.2) is 5.78 Å². The SMILES string of the molecule is CCCC(=O)c1ccc(CN([C@@H](C(N)=O)c2ccccc2)S(=O)(=O)c2ccc(Cl)cc2)cc1. The van der Waals surface area contributed by atoms with E-state index in [0.29, 0.717) is 28.1 Å². The molecule has 0 fully saturated rings. The Balaban J connectivity index is 2.06. The molecular formula is C25H25ClN2O4S. The molecule has 0 radical (unpaired) electrons. The lowest BCUT2D eigenvalue weighted by Gasteiger charge is -2.29. The van der Waals surface area contributed by atoms with Gasteiger partial charge in [0.2, 0.25) is 15.9 Å². The number of hydrogen-bond acceptors (Lipinski definition) is 4. The smallest absolute Gasteiger partial charge is 0.244 e. The fourth-order valence-electron chi connectivity index (χ4n) is 3.51. The highest BCUT2D eigenvalue weighted by Gasteiger charge is 2.36. The first-order valence-electron chi connectivity index (χ1n) is 10.5. The lowest BCUT2D eigenvalue weighted by Crippen LogP contribution is -2.41. The third-order valence-corrected chi connectivity index (χ3v) is 7.26. The van der Waals surface area contributed by atoms with Gasteiger partial charge in [-0.1, -0.05) is 73.1 Å². The highest BCUT2D eigenvalue weighted by molar-refractivity contribution is 7.89. The number of primary amides is 1. The number of rotatable bonds is 10. The summed E-state index contributed by atoms with van der Waals surface area (Å²) in [7, 11) is -4.14. The summed E-state index contributed by atoms with van der Waals surface area (Å²) in [6.07, 6.45) is 1.18. The molecule has 1 atom stereocenters. The Morgan fingerprint density at radius 1 is 0.939 bits per heavy atom. The molecule has 172 valence electrons. The Morgan fingerprint density at radius 3 is 2.09 bits per heavy atom. The summed E-state index contributed by atoms with van der Waals surface area (Å²) in [5, 5.41) is 0.391. The zero-order chi connectivity index (χ0) is 24.0. The molecule has 3 rings (SSSR count). The van der Waals surface area contributed by atoms with Gasteiger partial charge in [0.25, 0.3) is 0 Å². The van der Waals surface area contributed by atoms with Crippen molar-refractivity contribution in [2.45, 2.75) is 37.2 Å². The molecule has 2 N–H and O–H groups in total. The van der Waals surface area contributed by atoms with Crippen LogP contribution in [0.25, 0.3) is 0 Å². The quantitative estimate of drug-likeness (QED) is 0.420. The van der Waals surface area contributed by atoms with E-state index in [-0.39, 0.29) is 17.2 Å². The minimum absolute atomic E-state index is 0.0103. The van der Waals surface area contributed by atoms with Gasteiger partial charge in [-0.05, 0) is 41.8 Å². The molecule has 33 heavy (non-hydrogen) atoms. The molecule has 3 aromatic rings. The predicted molar refractivity (Wildman–Crippen MR) is 128 cm³/mol. The molecule has 1 amide bonds. The van der Waals surface area contributed by atoms with Crippen molar-refractivity contribution >= 4 is 33.3 Å². The average molecular weight is 485 g/mol. The van der Waals surface area contributed by atoms with Crippen LogP contribution >= 0.6 is 11.6 Å². The number of carbonyl (C=O) groups excluding carboxylic acids is 2. The van der Waals surface area contributed by atoms with Crippen LogP contribution in [-0.2, 0) is 21.4 Å². The summed E-state index contributed by atoms with van der Waals surface area (Å²) in [5.74, 6) is -0.775. The number of nitrogens with zero attached hydrogens (tertiary/aromatic N) is 1. The summed E-state index contributed by atoms with van der Waals surface area (Å²) in [5.41, 5.74) is 7.34. The number of amides is 1. The van der Waals surface area contributed by atoms with Crippen molar-refractivity contribution in [1.82, 2.24) is 4.31 Å². The Bertz CT molecular complexity index is 1210. The Kier molecular flexibility index (Phi) is 8.02. The number of sulfonamides is 1. The van der Waals surface area contributed by atoms with E-state index < -0.39 is 22.0 Å². The molecule has 0 aliphatic heterocycles. The van der Waals surface area contributed by atoms with Gasteiger partial charge in [0.05, 0.1) is 4.90 Å². The fourth-order valence-corrected chi connectivity index (χ4v) is 5.21. The second-order valence-electron chi connectivity index (χ2n) is 7.59. The molecule has 0 saturated heterocycles. The number of carbonyl (C=O) groups is 2. The van der Waals surface area contributed by atoms with Crippen molar-refractivity contribution in [1.29, 1.82) is 0 Å². The maximum atomic E-state index is 13.6. The van der Waals surface area contributed by atoms with E-state index in [1.165, 1.54) is 24.3 Å². The predicted octanol–water partition coefficient (Wildman–Crippen LogP) is 4.74. The lowest BCUT2D eigenvalue weighted by atomic mass is 10.0. The number of hydrogen-bond donors (Lipinski definition) is 1. The second kappa shape index (κ2) is 10.7. The summed E-state index contributed by atoms with van der Waals surface area (Å²) >= 11 is 5.93. The number of halogens is 1. The minimum Gasteiger partial charge on any atom is -0.368 e. The lowest BCUT2D eigenvalue weighted by molar-refractivity contribution is -0.122. The first-order valence-corrected chi connectivity index (χ1v) is 12.3. The highest BCUT2D eigenvalue weighted by atomic mass is 35.5. The summed E-state index contributed by atoms with van der Waals surface area (Å²) in [4.78, 5) is 24.7. The minimum atomic E-state index is -4.14. The van der Waals surface area contributed by atoms with Gasteiger partial charge >= 0.3 is 0 Å². The summed E-state index contributed by atoms with van der Waals surface area (Å²) in [6.45, 7) is 1.81. The van der Waals surface area contributed by atoms with E-state index in [1.54, 1.807) is 54.6 Å². The molecule has 0 unspecified atom stereocenters. The van der Waals surface area contributed by atoms with Crippen molar-refractivity contribution < 1.29 is 18.0 Å². The normalized spacial score (nSPS) is 12.5. The van der Waals surface area contributed by atoms with Crippen LogP contribution in [0.1, 0.15) is 47.3 Å². The largest absolute Gasteiger partial charge is 0.368 e. The van der Waals surface area contributed by atoms with Crippen LogP contribution in [0.4, 0.5) is 0 Å². The van der Waals surface area contributed by atoms with E-state index >= 15 is 0 Å². The Morgan fingerprint density at radius 2 is 1.55 bits per heavy atom.